The van der Waals surface area contributed by atoms with Crippen LogP contribution >= 0.6 is 0 Å². The van der Waals surface area contributed by atoms with Crippen molar-refractivity contribution in [1.29, 1.82) is 0 Å². The van der Waals surface area contributed by atoms with Crippen LogP contribution in [0.1, 0.15) is 31.1 Å². The maximum Gasteiger partial charge on any atom is 0.317 e. The number of rotatable bonds is 5. The Hall–Kier alpha value is -2.60. The number of ether oxygens (including phenoxy) is 2. The number of halogens is 1. The summed E-state index contributed by atoms with van der Waals surface area (Å²) in [6.07, 6.45) is -0.181. The molecule has 1 saturated heterocycles. The van der Waals surface area contributed by atoms with Crippen molar-refractivity contribution in [3.05, 3.63) is 65.5 Å². The number of nitrogens with zero attached hydrogens (tertiary/aromatic N) is 1. The Morgan fingerprint density at radius 1 is 1.26 bits per heavy atom. The second kappa shape index (κ2) is 8.86. The monoisotopic (exact) mass is 372 g/mol. The summed E-state index contributed by atoms with van der Waals surface area (Å²) >= 11 is 0. The van der Waals surface area contributed by atoms with Gasteiger partial charge in [0.25, 0.3) is 0 Å². The number of amides is 2. The van der Waals surface area contributed by atoms with Gasteiger partial charge in [-0.05, 0) is 37.6 Å². The second-order valence-electron chi connectivity index (χ2n) is 6.79. The van der Waals surface area contributed by atoms with E-state index < -0.39 is 0 Å². The van der Waals surface area contributed by atoms with Crippen LogP contribution in [0.5, 0.6) is 5.75 Å². The third-order valence-corrected chi connectivity index (χ3v) is 4.36. The maximum absolute atomic E-state index is 13.1. The number of urea groups is 1. The fourth-order valence-electron chi connectivity index (χ4n) is 3.01. The first-order chi connectivity index (χ1) is 13.0. The van der Waals surface area contributed by atoms with Crippen LogP contribution in [0.3, 0.4) is 0 Å². The van der Waals surface area contributed by atoms with Gasteiger partial charge in [-0.25, -0.2) is 9.18 Å². The first-order valence-electron chi connectivity index (χ1n) is 9.17. The summed E-state index contributed by atoms with van der Waals surface area (Å²) in [5.74, 6) is 0.491. The van der Waals surface area contributed by atoms with Gasteiger partial charge < -0.3 is 19.7 Å². The van der Waals surface area contributed by atoms with Crippen LogP contribution in [0.2, 0.25) is 0 Å². The molecule has 144 valence electrons. The van der Waals surface area contributed by atoms with Gasteiger partial charge in [0.15, 0.2) is 0 Å². The average molecular weight is 372 g/mol. The van der Waals surface area contributed by atoms with Crippen LogP contribution in [0.4, 0.5) is 9.18 Å². The number of morpholine rings is 1. The van der Waals surface area contributed by atoms with E-state index in [1.807, 2.05) is 38.1 Å². The number of carbonyl (C=O) groups excluding carboxylic acids is 1. The normalized spacial score (nSPS) is 17.0. The molecular weight excluding hydrogens is 347 g/mol. The number of benzene rings is 2. The molecule has 2 amide bonds. The first kappa shape index (κ1) is 19.2. The highest BCUT2D eigenvalue weighted by atomic mass is 19.1. The lowest BCUT2D eigenvalue weighted by Gasteiger charge is -2.33. The molecule has 1 atom stereocenters. The van der Waals surface area contributed by atoms with Gasteiger partial charge in [-0.3, -0.25) is 0 Å². The molecule has 3 rings (SSSR count). The van der Waals surface area contributed by atoms with Gasteiger partial charge in [-0.1, -0.05) is 30.3 Å². The molecule has 0 bridgehead atoms. The van der Waals surface area contributed by atoms with Crippen molar-refractivity contribution in [2.24, 2.45) is 0 Å². The van der Waals surface area contributed by atoms with Crippen molar-refractivity contribution in [3.63, 3.8) is 0 Å². The average Bonchev–Trinajstić information content (AvgIpc) is 2.67. The third kappa shape index (κ3) is 5.20. The Bertz CT molecular complexity index is 764. The summed E-state index contributed by atoms with van der Waals surface area (Å²) in [5, 5.41) is 2.95. The highest BCUT2D eigenvalue weighted by Crippen LogP contribution is 2.23. The Balaban J connectivity index is 1.59. The number of carbonyl (C=O) groups is 1. The maximum atomic E-state index is 13.1. The Labute approximate surface area is 159 Å². The van der Waals surface area contributed by atoms with E-state index in [9.17, 15) is 9.18 Å². The summed E-state index contributed by atoms with van der Waals surface area (Å²) in [4.78, 5) is 14.3. The van der Waals surface area contributed by atoms with Crippen molar-refractivity contribution in [2.45, 2.75) is 32.6 Å². The van der Waals surface area contributed by atoms with E-state index in [1.165, 1.54) is 12.1 Å². The van der Waals surface area contributed by atoms with Crippen LogP contribution in [-0.2, 0) is 11.3 Å². The fourth-order valence-corrected chi connectivity index (χ4v) is 3.01. The Kier molecular flexibility index (Phi) is 6.29. The summed E-state index contributed by atoms with van der Waals surface area (Å²) in [6.45, 7) is 5.73. The highest BCUT2D eigenvalue weighted by molar-refractivity contribution is 5.74. The molecule has 1 heterocycles. The lowest BCUT2D eigenvalue weighted by atomic mass is 10.1. The molecule has 0 saturated carbocycles. The molecule has 0 aromatic heterocycles. The minimum Gasteiger partial charge on any atom is -0.491 e. The summed E-state index contributed by atoms with van der Waals surface area (Å²) < 4.78 is 24.6. The zero-order chi connectivity index (χ0) is 19.2. The molecule has 1 fully saturated rings. The molecule has 1 N–H and O–H groups in total. The molecule has 5 nitrogen and oxygen atoms in total. The molecule has 27 heavy (non-hydrogen) atoms. The summed E-state index contributed by atoms with van der Waals surface area (Å²) in [7, 11) is 0. The van der Waals surface area contributed by atoms with Crippen LogP contribution in [0, 0.1) is 5.82 Å². The number of hydrogen-bond donors (Lipinski definition) is 1. The number of nitrogens with one attached hydrogen (secondary N) is 1. The quantitative estimate of drug-likeness (QED) is 0.866. The van der Waals surface area contributed by atoms with E-state index in [0.29, 0.717) is 26.2 Å². The minimum absolute atomic E-state index is 0.0672. The molecule has 0 spiro atoms. The van der Waals surface area contributed by atoms with E-state index in [2.05, 4.69) is 5.32 Å². The SMILES string of the molecule is CC(C)Oc1ccccc1CNC(=O)N1CCOC(c2ccc(F)cc2)C1. The van der Waals surface area contributed by atoms with Crippen LogP contribution < -0.4 is 10.1 Å². The van der Waals surface area contributed by atoms with Crippen molar-refractivity contribution < 1.29 is 18.7 Å². The van der Waals surface area contributed by atoms with Gasteiger partial charge in [-0.2, -0.15) is 0 Å². The molecule has 0 radical (unpaired) electrons. The summed E-state index contributed by atoms with van der Waals surface area (Å²) in [5.41, 5.74) is 1.80. The second-order valence-corrected chi connectivity index (χ2v) is 6.79. The lowest BCUT2D eigenvalue weighted by Crippen LogP contribution is -2.47. The molecule has 1 aliphatic rings. The van der Waals surface area contributed by atoms with E-state index in [-0.39, 0.29) is 24.1 Å². The summed E-state index contributed by atoms with van der Waals surface area (Å²) in [6, 6.07) is 13.7. The molecule has 2 aromatic rings. The number of para-hydroxylation sites is 1. The van der Waals surface area contributed by atoms with Crippen LogP contribution in [0.15, 0.2) is 48.5 Å². The van der Waals surface area contributed by atoms with E-state index in [1.54, 1.807) is 17.0 Å². The Morgan fingerprint density at radius 3 is 2.74 bits per heavy atom. The predicted molar refractivity (Wildman–Crippen MR) is 101 cm³/mol. The van der Waals surface area contributed by atoms with Crippen LogP contribution in [0.25, 0.3) is 0 Å². The molecule has 2 aromatic carbocycles. The van der Waals surface area contributed by atoms with Crippen LogP contribution in [-0.4, -0.2) is 36.7 Å². The van der Waals surface area contributed by atoms with Gasteiger partial charge >= 0.3 is 6.03 Å². The molecule has 1 aliphatic heterocycles. The molecule has 1 unspecified atom stereocenters. The molecule has 0 aliphatic carbocycles. The zero-order valence-corrected chi connectivity index (χ0v) is 15.7. The fraction of sp³-hybridized carbons (Fsp3) is 0.381. The van der Waals surface area contributed by atoms with Crippen molar-refractivity contribution in [1.82, 2.24) is 10.2 Å². The van der Waals surface area contributed by atoms with E-state index >= 15 is 0 Å². The van der Waals surface area contributed by atoms with Gasteiger partial charge in [0.05, 0.1) is 19.3 Å². The lowest BCUT2D eigenvalue weighted by molar-refractivity contribution is -0.0155. The van der Waals surface area contributed by atoms with Crippen molar-refractivity contribution in [2.75, 3.05) is 19.7 Å². The van der Waals surface area contributed by atoms with E-state index in [4.69, 9.17) is 9.47 Å². The topological polar surface area (TPSA) is 50.8 Å². The largest absolute Gasteiger partial charge is 0.491 e. The Morgan fingerprint density at radius 2 is 2.00 bits per heavy atom. The third-order valence-electron chi connectivity index (χ3n) is 4.36. The standard InChI is InChI=1S/C21H25FN2O3/c1-15(2)27-19-6-4-3-5-17(19)13-23-21(25)24-11-12-26-20(14-24)16-7-9-18(22)10-8-16/h3-10,15,20H,11-14H2,1-2H3,(H,23,25). The van der Waals surface area contributed by atoms with Gasteiger partial charge in [-0.15, -0.1) is 0 Å². The van der Waals surface area contributed by atoms with Gasteiger partial charge in [0, 0.05) is 18.7 Å². The first-order valence-corrected chi connectivity index (χ1v) is 9.17. The highest BCUT2D eigenvalue weighted by Gasteiger charge is 2.25. The van der Waals surface area contributed by atoms with Crippen molar-refractivity contribution >= 4 is 6.03 Å². The predicted octanol–water partition coefficient (Wildman–Crippen LogP) is 3.90. The molecule has 6 heteroatoms. The molecular formula is C21H25FN2O3. The zero-order valence-electron chi connectivity index (χ0n) is 15.7. The number of hydrogen-bond acceptors (Lipinski definition) is 3. The van der Waals surface area contributed by atoms with Gasteiger partial charge in [0.1, 0.15) is 17.7 Å². The van der Waals surface area contributed by atoms with Gasteiger partial charge in [0.2, 0.25) is 0 Å². The smallest absolute Gasteiger partial charge is 0.317 e. The van der Waals surface area contributed by atoms with Crippen molar-refractivity contribution in [3.8, 4) is 5.75 Å². The minimum atomic E-state index is -0.286. The van der Waals surface area contributed by atoms with E-state index in [0.717, 1.165) is 16.9 Å².